The first kappa shape index (κ1) is 11.6. The van der Waals surface area contributed by atoms with E-state index in [0.29, 0.717) is 18.4 Å². The molecule has 3 nitrogen and oxygen atoms in total. The first-order valence-electron chi connectivity index (χ1n) is 6.25. The van der Waals surface area contributed by atoms with E-state index in [4.69, 9.17) is 0 Å². The summed E-state index contributed by atoms with van der Waals surface area (Å²) in [5, 5.41) is 14.9. The SMILES string of the molecule is CC1CCC(O)(Cc2ccn(C(C)C)n2)C1. The lowest BCUT2D eigenvalue weighted by atomic mass is 9.95. The molecular weight excluding hydrogens is 200 g/mol. The van der Waals surface area contributed by atoms with Crippen molar-refractivity contribution in [2.45, 2.75) is 58.1 Å². The molecule has 0 spiro atoms. The Kier molecular flexibility index (Phi) is 3.06. The van der Waals surface area contributed by atoms with E-state index < -0.39 is 5.60 Å². The Bertz CT molecular complexity index is 359. The predicted molar refractivity (Wildman–Crippen MR) is 64.3 cm³/mol. The van der Waals surface area contributed by atoms with Gasteiger partial charge in [0.15, 0.2) is 0 Å². The third-order valence-electron chi connectivity index (χ3n) is 3.53. The molecule has 1 fully saturated rings. The summed E-state index contributed by atoms with van der Waals surface area (Å²) in [4.78, 5) is 0. The molecule has 2 atom stereocenters. The second kappa shape index (κ2) is 4.21. The minimum atomic E-state index is -0.504. The van der Waals surface area contributed by atoms with E-state index in [-0.39, 0.29) is 0 Å². The second-order valence-electron chi connectivity index (χ2n) is 5.63. The summed E-state index contributed by atoms with van der Waals surface area (Å²) in [5.74, 6) is 0.650. The van der Waals surface area contributed by atoms with E-state index in [1.807, 2.05) is 16.9 Å². The monoisotopic (exact) mass is 222 g/mol. The van der Waals surface area contributed by atoms with Crippen LogP contribution in [0.1, 0.15) is 51.8 Å². The molecule has 1 N–H and O–H groups in total. The van der Waals surface area contributed by atoms with E-state index in [0.717, 1.165) is 25.0 Å². The maximum Gasteiger partial charge on any atom is 0.0706 e. The summed E-state index contributed by atoms with van der Waals surface area (Å²) in [6.07, 6.45) is 5.68. The fourth-order valence-corrected chi connectivity index (χ4v) is 2.62. The highest BCUT2D eigenvalue weighted by Crippen LogP contribution is 2.36. The molecule has 0 amide bonds. The van der Waals surface area contributed by atoms with Crippen LogP contribution >= 0.6 is 0 Å². The molecule has 1 aromatic rings. The van der Waals surface area contributed by atoms with Crippen LogP contribution in [0, 0.1) is 5.92 Å². The van der Waals surface area contributed by atoms with Crippen molar-refractivity contribution in [2.24, 2.45) is 5.92 Å². The topological polar surface area (TPSA) is 38.0 Å². The lowest BCUT2D eigenvalue weighted by Crippen LogP contribution is -2.28. The van der Waals surface area contributed by atoms with Crippen molar-refractivity contribution in [2.75, 3.05) is 0 Å². The highest BCUT2D eigenvalue weighted by molar-refractivity contribution is 5.06. The van der Waals surface area contributed by atoms with Crippen LogP contribution in [-0.4, -0.2) is 20.5 Å². The lowest BCUT2D eigenvalue weighted by molar-refractivity contribution is 0.0435. The van der Waals surface area contributed by atoms with Crippen LogP contribution in [0.3, 0.4) is 0 Å². The van der Waals surface area contributed by atoms with Gasteiger partial charge in [-0.2, -0.15) is 5.10 Å². The number of hydrogen-bond acceptors (Lipinski definition) is 2. The van der Waals surface area contributed by atoms with E-state index in [9.17, 15) is 5.11 Å². The Hall–Kier alpha value is -0.830. The lowest BCUT2D eigenvalue weighted by Gasteiger charge is -2.21. The van der Waals surface area contributed by atoms with Gasteiger partial charge >= 0.3 is 0 Å². The predicted octanol–water partition coefficient (Wildman–Crippen LogP) is 2.56. The maximum absolute atomic E-state index is 10.4. The molecule has 1 aliphatic carbocycles. The zero-order chi connectivity index (χ0) is 11.8. The maximum atomic E-state index is 10.4. The average Bonchev–Trinajstić information content (AvgIpc) is 2.74. The summed E-state index contributed by atoms with van der Waals surface area (Å²) in [5.41, 5.74) is 0.514. The smallest absolute Gasteiger partial charge is 0.0706 e. The fraction of sp³-hybridized carbons (Fsp3) is 0.769. The molecule has 0 radical (unpaired) electrons. The van der Waals surface area contributed by atoms with Gasteiger partial charge in [-0.1, -0.05) is 6.92 Å². The molecule has 3 heteroatoms. The third kappa shape index (κ3) is 2.46. The Morgan fingerprint density at radius 3 is 2.88 bits per heavy atom. The Balaban J connectivity index is 2.03. The fourth-order valence-electron chi connectivity index (χ4n) is 2.62. The summed E-state index contributed by atoms with van der Waals surface area (Å²) >= 11 is 0. The van der Waals surface area contributed by atoms with Gasteiger partial charge in [0.25, 0.3) is 0 Å². The van der Waals surface area contributed by atoms with Crippen LogP contribution in [-0.2, 0) is 6.42 Å². The summed E-state index contributed by atoms with van der Waals surface area (Å²) < 4.78 is 1.96. The Labute approximate surface area is 97.5 Å². The number of rotatable bonds is 3. The number of aromatic nitrogens is 2. The molecule has 0 saturated heterocycles. The zero-order valence-corrected chi connectivity index (χ0v) is 10.5. The molecule has 16 heavy (non-hydrogen) atoms. The Morgan fingerprint density at radius 2 is 2.38 bits per heavy atom. The van der Waals surface area contributed by atoms with E-state index in [1.165, 1.54) is 0 Å². The minimum Gasteiger partial charge on any atom is -0.389 e. The molecule has 1 heterocycles. The van der Waals surface area contributed by atoms with E-state index in [1.54, 1.807) is 0 Å². The molecule has 2 rings (SSSR count). The van der Waals surface area contributed by atoms with Crippen LogP contribution in [0.2, 0.25) is 0 Å². The number of aliphatic hydroxyl groups is 1. The molecule has 1 saturated carbocycles. The third-order valence-corrected chi connectivity index (χ3v) is 3.53. The molecule has 0 aliphatic heterocycles. The largest absolute Gasteiger partial charge is 0.389 e. The summed E-state index contributed by atoms with van der Waals surface area (Å²) in [6.45, 7) is 6.44. The van der Waals surface area contributed by atoms with E-state index >= 15 is 0 Å². The van der Waals surface area contributed by atoms with Crippen LogP contribution in [0.5, 0.6) is 0 Å². The van der Waals surface area contributed by atoms with Gasteiger partial charge in [-0.15, -0.1) is 0 Å². The van der Waals surface area contributed by atoms with Gasteiger partial charge in [-0.05, 0) is 45.1 Å². The molecule has 90 valence electrons. The van der Waals surface area contributed by atoms with Crippen molar-refractivity contribution in [1.82, 2.24) is 9.78 Å². The van der Waals surface area contributed by atoms with Gasteiger partial charge in [-0.25, -0.2) is 0 Å². The average molecular weight is 222 g/mol. The van der Waals surface area contributed by atoms with Gasteiger partial charge in [0.1, 0.15) is 0 Å². The summed E-state index contributed by atoms with van der Waals surface area (Å²) in [7, 11) is 0. The normalized spacial score (nSPS) is 30.2. The highest BCUT2D eigenvalue weighted by atomic mass is 16.3. The molecule has 0 bridgehead atoms. The van der Waals surface area contributed by atoms with Crippen molar-refractivity contribution in [3.05, 3.63) is 18.0 Å². The van der Waals surface area contributed by atoms with Gasteiger partial charge in [0, 0.05) is 18.7 Å². The van der Waals surface area contributed by atoms with Gasteiger partial charge in [0.2, 0.25) is 0 Å². The summed E-state index contributed by atoms with van der Waals surface area (Å²) in [6, 6.07) is 2.42. The molecule has 1 aromatic heterocycles. The molecule has 2 unspecified atom stereocenters. The molecule has 1 aliphatic rings. The van der Waals surface area contributed by atoms with Crippen LogP contribution < -0.4 is 0 Å². The van der Waals surface area contributed by atoms with E-state index in [2.05, 4.69) is 25.9 Å². The van der Waals surface area contributed by atoms with Crippen molar-refractivity contribution in [3.63, 3.8) is 0 Å². The van der Waals surface area contributed by atoms with Crippen LogP contribution in [0.4, 0.5) is 0 Å². The first-order chi connectivity index (χ1) is 7.48. The van der Waals surface area contributed by atoms with Crippen molar-refractivity contribution in [3.8, 4) is 0 Å². The number of nitrogens with zero attached hydrogens (tertiary/aromatic N) is 2. The zero-order valence-electron chi connectivity index (χ0n) is 10.5. The van der Waals surface area contributed by atoms with Gasteiger partial charge in [0.05, 0.1) is 11.3 Å². The standard InChI is InChI=1S/C13H22N2O/c1-10(2)15-7-5-12(14-15)9-13(16)6-4-11(3)8-13/h5,7,10-11,16H,4,6,8-9H2,1-3H3. The second-order valence-corrected chi connectivity index (χ2v) is 5.63. The van der Waals surface area contributed by atoms with Crippen LogP contribution in [0.15, 0.2) is 12.3 Å². The van der Waals surface area contributed by atoms with Crippen molar-refractivity contribution in [1.29, 1.82) is 0 Å². The minimum absolute atomic E-state index is 0.394. The van der Waals surface area contributed by atoms with Crippen LogP contribution in [0.25, 0.3) is 0 Å². The van der Waals surface area contributed by atoms with Crippen molar-refractivity contribution < 1.29 is 5.11 Å². The molecule has 0 aromatic carbocycles. The quantitative estimate of drug-likeness (QED) is 0.853. The first-order valence-corrected chi connectivity index (χ1v) is 6.25. The van der Waals surface area contributed by atoms with Crippen molar-refractivity contribution >= 4 is 0 Å². The number of hydrogen-bond donors (Lipinski definition) is 1. The van der Waals surface area contributed by atoms with Gasteiger partial charge < -0.3 is 5.11 Å². The molecular formula is C13H22N2O. The van der Waals surface area contributed by atoms with Gasteiger partial charge in [-0.3, -0.25) is 4.68 Å². The Morgan fingerprint density at radius 1 is 1.62 bits per heavy atom. The highest BCUT2D eigenvalue weighted by Gasteiger charge is 2.35.